The van der Waals surface area contributed by atoms with Crippen molar-refractivity contribution in [2.24, 2.45) is 0 Å². The zero-order valence-electron chi connectivity index (χ0n) is 23.8. The Morgan fingerprint density at radius 1 is 1.07 bits per heavy atom. The number of anilines is 2. The standard InChI is InChI=1S/C32H30ClFN4O7/c33-26-12-21(6-9-29(26)45-16-19-3-1-4-20(34)11-19)37-31-25-15-24(7-8-27(25)35-18-36-31)44-17-23(40)13-22(39)14-30(41)38-10-2-5-28(38)32(42)43/h1-9,11-12,15,18,22-23,28,39-40H,10,13-14,16-17H2,(H,42,43)(H,35,36,37). The van der Waals surface area contributed by atoms with Gasteiger partial charge in [-0.25, -0.2) is 19.2 Å². The maximum absolute atomic E-state index is 13.4. The summed E-state index contributed by atoms with van der Waals surface area (Å²) in [7, 11) is 0. The summed E-state index contributed by atoms with van der Waals surface area (Å²) in [5, 5.41) is 34.2. The summed E-state index contributed by atoms with van der Waals surface area (Å²) in [4.78, 5) is 33.5. The zero-order chi connectivity index (χ0) is 31.9. The molecule has 4 N–H and O–H groups in total. The fourth-order valence-electron chi connectivity index (χ4n) is 4.82. The number of amides is 1. The summed E-state index contributed by atoms with van der Waals surface area (Å²) in [6.07, 6.45) is 1.67. The molecule has 5 rings (SSSR count). The molecular formula is C32H30ClFN4O7. The molecule has 1 amide bonds. The summed E-state index contributed by atoms with van der Waals surface area (Å²) < 4.78 is 24.9. The van der Waals surface area contributed by atoms with Crippen LogP contribution in [0.2, 0.25) is 5.02 Å². The summed E-state index contributed by atoms with van der Waals surface area (Å²) in [5.74, 6) is -0.697. The Balaban J connectivity index is 1.17. The topological polar surface area (TPSA) is 154 Å². The highest BCUT2D eigenvalue weighted by atomic mass is 35.5. The Hall–Kier alpha value is -4.78. The summed E-state index contributed by atoms with van der Waals surface area (Å²) in [5.41, 5.74) is 1.93. The number of carbonyl (C=O) groups excluding carboxylic acids is 1. The Bertz CT molecular complexity index is 1720. The second kappa shape index (κ2) is 14.3. The monoisotopic (exact) mass is 636 g/mol. The number of aliphatic carboxylic acids is 1. The van der Waals surface area contributed by atoms with Crippen LogP contribution in [0.5, 0.6) is 11.5 Å². The molecule has 11 nitrogen and oxygen atoms in total. The summed E-state index contributed by atoms with van der Waals surface area (Å²) in [6, 6.07) is 15.3. The fraction of sp³-hybridized carbons (Fsp3) is 0.250. The van der Waals surface area contributed by atoms with E-state index in [9.17, 15) is 29.3 Å². The largest absolute Gasteiger partial charge is 0.491 e. The molecule has 3 aromatic carbocycles. The van der Waals surface area contributed by atoms with Gasteiger partial charge < -0.3 is 35.0 Å². The van der Waals surface area contributed by atoms with Crippen molar-refractivity contribution >= 4 is 45.9 Å². The molecule has 1 aliphatic rings. The van der Waals surface area contributed by atoms with Crippen LogP contribution in [0.4, 0.5) is 15.9 Å². The van der Waals surface area contributed by atoms with Gasteiger partial charge in [0.15, 0.2) is 0 Å². The van der Waals surface area contributed by atoms with Gasteiger partial charge in [0.1, 0.15) is 48.7 Å². The van der Waals surface area contributed by atoms with E-state index in [1.54, 1.807) is 54.6 Å². The minimum atomic E-state index is -1.18. The predicted molar refractivity (Wildman–Crippen MR) is 164 cm³/mol. The normalized spacial score (nSPS) is 15.6. The highest BCUT2D eigenvalue weighted by Gasteiger charge is 2.31. The number of nitrogens with zero attached hydrogens (tertiary/aromatic N) is 3. The van der Waals surface area contributed by atoms with Crippen LogP contribution < -0.4 is 14.8 Å². The predicted octanol–water partition coefficient (Wildman–Crippen LogP) is 4.48. The minimum Gasteiger partial charge on any atom is -0.491 e. The van der Waals surface area contributed by atoms with Crippen molar-refractivity contribution in [3.8, 4) is 11.5 Å². The minimum absolute atomic E-state index is 0.142. The number of aromatic nitrogens is 2. The lowest BCUT2D eigenvalue weighted by molar-refractivity contribution is -0.147. The number of carboxylic acid groups (broad SMARTS) is 1. The van der Waals surface area contributed by atoms with Gasteiger partial charge in [-0.2, -0.15) is 0 Å². The number of rotatable bonds is 13. The van der Waals surface area contributed by atoms with E-state index in [0.29, 0.717) is 44.5 Å². The van der Waals surface area contributed by atoms with E-state index >= 15 is 0 Å². The van der Waals surface area contributed by atoms with Gasteiger partial charge in [-0.3, -0.25) is 4.79 Å². The molecular weight excluding hydrogens is 607 g/mol. The van der Waals surface area contributed by atoms with Crippen LogP contribution >= 0.6 is 11.6 Å². The van der Waals surface area contributed by atoms with Crippen molar-refractivity contribution in [1.29, 1.82) is 0 Å². The molecule has 3 unspecified atom stereocenters. The molecule has 0 bridgehead atoms. The number of halogens is 2. The van der Waals surface area contributed by atoms with E-state index in [1.807, 2.05) is 0 Å². The van der Waals surface area contributed by atoms with Crippen molar-refractivity contribution in [3.05, 3.63) is 95.5 Å². The number of fused-ring (bicyclic) bond motifs is 1. The third-order valence-corrected chi connectivity index (χ3v) is 7.31. The third-order valence-electron chi connectivity index (χ3n) is 7.01. The quantitative estimate of drug-likeness (QED) is 0.154. The lowest BCUT2D eigenvalue weighted by Crippen LogP contribution is -2.42. The Kier molecular flexibility index (Phi) is 10.1. The van der Waals surface area contributed by atoms with Gasteiger partial charge in [0, 0.05) is 24.0 Å². The van der Waals surface area contributed by atoms with Crippen LogP contribution in [-0.4, -0.2) is 73.5 Å². The fourth-order valence-corrected chi connectivity index (χ4v) is 5.05. The number of hydrogen-bond donors (Lipinski definition) is 4. The van der Waals surface area contributed by atoms with E-state index in [-0.39, 0.29) is 38.4 Å². The zero-order valence-corrected chi connectivity index (χ0v) is 24.6. The number of benzene rings is 3. The SMILES string of the molecule is O=C(O)C1C=CCN1C(=O)CC(O)CC(O)COc1ccc2ncnc(Nc3ccc(OCc4cccc(F)c4)c(Cl)c3)c2c1. The van der Waals surface area contributed by atoms with Gasteiger partial charge in [-0.05, 0) is 54.1 Å². The second-order valence-electron chi connectivity index (χ2n) is 10.4. The maximum Gasteiger partial charge on any atom is 0.330 e. The molecule has 13 heteroatoms. The first-order chi connectivity index (χ1) is 21.7. The molecule has 2 heterocycles. The first-order valence-corrected chi connectivity index (χ1v) is 14.4. The highest BCUT2D eigenvalue weighted by Crippen LogP contribution is 2.32. The van der Waals surface area contributed by atoms with E-state index < -0.39 is 30.1 Å². The van der Waals surface area contributed by atoms with Crippen molar-refractivity contribution in [2.75, 3.05) is 18.5 Å². The smallest absolute Gasteiger partial charge is 0.330 e. The number of aliphatic hydroxyl groups excluding tert-OH is 2. The number of nitrogens with one attached hydrogen (secondary N) is 1. The van der Waals surface area contributed by atoms with Crippen molar-refractivity contribution in [2.45, 2.75) is 37.7 Å². The lowest BCUT2D eigenvalue weighted by Gasteiger charge is -2.23. The third kappa shape index (κ3) is 8.24. The molecule has 0 saturated carbocycles. The van der Waals surface area contributed by atoms with Crippen LogP contribution in [0.3, 0.4) is 0 Å². The summed E-state index contributed by atoms with van der Waals surface area (Å²) in [6.45, 7) is 0.142. The van der Waals surface area contributed by atoms with Crippen molar-refractivity contribution < 1.29 is 38.8 Å². The van der Waals surface area contributed by atoms with Crippen LogP contribution in [0, 0.1) is 5.82 Å². The Labute approximate surface area is 262 Å². The molecule has 45 heavy (non-hydrogen) atoms. The average Bonchev–Trinajstić information content (AvgIpc) is 3.51. The average molecular weight is 637 g/mol. The number of ether oxygens (including phenoxy) is 2. The maximum atomic E-state index is 13.4. The number of carbonyl (C=O) groups is 2. The van der Waals surface area contributed by atoms with Crippen LogP contribution in [0.25, 0.3) is 10.9 Å². The lowest BCUT2D eigenvalue weighted by atomic mass is 10.1. The molecule has 1 aliphatic heterocycles. The van der Waals surface area contributed by atoms with E-state index in [4.69, 9.17) is 21.1 Å². The van der Waals surface area contributed by atoms with Gasteiger partial charge in [0.05, 0.1) is 29.2 Å². The molecule has 0 aliphatic carbocycles. The van der Waals surface area contributed by atoms with E-state index in [1.165, 1.54) is 24.5 Å². The van der Waals surface area contributed by atoms with Crippen LogP contribution in [-0.2, 0) is 16.2 Å². The van der Waals surface area contributed by atoms with E-state index in [0.717, 1.165) is 4.90 Å². The number of hydrogen-bond acceptors (Lipinski definition) is 9. The Morgan fingerprint density at radius 2 is 1.91 bits per heavy atom. The molecule has 0 saturated heterocycles. The molecule has 3 atom stereocenters. The summed E-state index contributed by atoms with van der Waals surface area (Å²) >= 11 is 6.44. The van der Waals surface area contributed by atoms with E-state index in [2.05, 4.69) is 15.3 Å². The molecule has 1 aromatic heterocycles. The number of aliphatic hydroxyl groups is 2. The first kappa shape index (κ1) is 31.6. The molecule has 4 aromatic rings. The van der Waals surface area contributed by atoms with Gasteiger partial charge in [0.25, 0.3) is 0 Å². The highest BCUT2D eigenvalue weighted by molar-refractivity contribution is 6.32. The van der Waals surface area contributed by atoms with Crippen molar-refractivity contribution in [3.63, 3.8) is 0 Å². The first-order valence-electron chi connectivity index (χ1n) is 14.0. The molecule has 0 spiro atoms. The van der Waals surface area contributed by atoms with Crippen LogP contribution in [0.1, 0.15) is 18.4 Å². The second-order valence-corrected chi connectivity index (χ2v) is 10.8. The van der Waals surface area contributed by atoms with Gasteiger partial charge in [-0.15, -0.1) is 0 Å². The van der Waals surface area contributed by atoms with Crippen molar-refractivity contribution in [1.82, 2.24) is 14.9 Å². The van der Waals surface area contributed by atoms with Gasteiger partial charge >= 0.3 is 5.97 Å². The molecule has 0 radical (unpaired) electrons. The van der Waals surface area contributed by atoms with Gasteiger partial charge in [-0.1, -0.05) is 35.9 Å². The molecule has 234 valence electrons. The molecule has 0 fully saturated rings. The Morgan fingerprint density at radius 3 is 2.69 bits per heavy atom. The number of carboxylic acids is 1. The van der Waals surface area contributed by atoms with Crippen LogP contribution in [0.15, 0.2) is 79.1 Å². The van der Waals surface area contributed by atoms with Gasteiger partial charge in [0.2, 0.25) is 5.91 Å².